The number of aliphatic imine (C=N–C) groups is 1. The summed E-state index contributed by atoms with van der Waals surface area (Å²) in [5.74, 6) is 0.944. The predicted octanol–water partition coefficient (Wildman–Crippen LogP) is 4.77. The Morgan fingerprint density at radius 2 is 1.89 bits per heavy atom. The van der Waals surface area contributed by atoms with Gasteiger partial charge in [0.15, 0.2) is 0 Å². The topological polar surface area (TPSA) is 12.4 Å². The molecule has 0 amide bonds. The second-order valence-corrected chi connectivity index (χ2v) is 5.53. The van der Waals surface area contributed by atoms with Crippen LogP contribution in [-0.2, 0) is 0 Å². The van der Waals surface area contributed by atoms with Gasteiger partial charge in [-0.3, -0.25) is 4.99 Å². The van der Waals surface area contributed by atoms with Gasteiger partial charge in [0.2, 0.25) is 0 Å². The molecule has 1 aromatic rings. The normalized spacial score (nSPS) is 18.0. The first-order valence-electron chi connectivity index (χ1n) is 7.33. The molecule has 2 rings (SSSR count). The van der Waals surface area contributed by atoms with E-state index in [9.17, 15) is 0 Å². The smallest absolute Gasteiger partial charge is 0.0419 e. The molecule has 0 radical (unpaired) electrons. The second-order valence-electron chi connectivity index (χ2n) is 5.53. The Hall–Kier alpha value is -1.11. The van der Waals surface area contributed by atoms with E-state index in [0.717, 1.165) is 12.3 Å². The van der Waals surface area contributed by atoms with Gasteiger partial charge in [-0.05, 0) is 36.8 Å². The van der Waals surface area contributed by atoms with Gasteiger partial charge in [-0.25, -0.2) is 0 Å². The average Bonchev–Trinajstić information content (AvgIpc) is 2.42. The highest BCUT2D eigenvalue weighted by Crippen LogP contribution is 2.28. The molecule has 1 aromatic carbocycles. The average molecular weight is 243 g/mol. The zero-order chi connectivity index (χ0) is 12.8. The van der Waals surface area contributed by atoms with Crippen LogP contribution in [0, 0.1) is 12.8 Å². The van der Waals surface area contributed by atoms with E-state index in [1.54, 1.807) is 0 Å². The monoisotopic (exact) mass is 243 g/mol. The molecule has 0 aromatic heterocycles. The maximum Gasteiger partial charge on any atom is 0.0419 e. The van der Waals surface area contributed by atoms with E-state index in [1.165, 1.54) is 55.4 Å². The van der Waals surface area contributed by atoms with Crippen molar-refractivity contribution in [1.29, 1.82) is 0 Å². The zero-order valence-corrected chi connectivity index (χ0v) is 11.8. The first-order chi connectivity index (χ1) is 8.81. The third-order valence-electron chi connectivity index (χ3n) is 4.24. The molecule has 1 heteroatoms. The van der Waals surface area contributed by atoms with Gasteiger partial charge in [0.25, 0.3) is 0 Å². The third kappa shape index (κ3) is 3.44. The Morgan fingerprint density at radius 3 is 2.56 bits per heavy atom. The van der Waals surface area contributed by atoms with Crippen molar-refractivity contribution in [2.24, 2.45) is 10.9 Å². The van der Waals surface area contributed by atoms with Crippen molar-refractivity contribution >= 4 is 5.71 Å². The molecule has 0 unspecified atom stereocenters. The van der Waals surface area contributed by atoms with Gasteiger partial charge in [0.1, 0.15) is 0 Å². The highest BCUT2D eigenvalue weighted by Gasteiger charge is 2.15. The Bertz CT molecular complexity index is 400. The highest BCUT2D eigenvalue weighted by molar-refractivity contribution is 6.01. The Morgan fingerprint density at radius 1 is 1.17 bits per heavy atom. The van der Waals surface area contributed by atoms with Crippen molar-refractivity contribution in [3.63, 3.8) is 0 Å². The van der Waals surface area contributed by atoms with Crippen molar-refractivity contribution in [2.45, 2.75) is 51.9 Å². The molecular formula is C17H25N. The maximum absolute atomic E-state index is 4.52. The molecule has 18 heavy (non-hydrogen) atoms. The second kappa shape index (κ2) is 6.72. The van der Waals surface area contributed by atoms with Crippen LogP contribution in [0.25, 0.3) is 0 Å². The van der Waals surface area contributed by atoms with Crippen LogP contribution in [0.1, 0.15) is 56.1 Å². The molecule has 1 fully saturated rings. The molecule has 0 N–H and O–H groups in total. The molecule has 0 atom stereocenters. The number of nitrogens with zero attached hydrogens (tertiary/aromatic N) is 1. The lowest BCUT2D eigenvalue weighted by Gasteiger charge is -2.21. The van der Waals surface area contributed by atoms with Gasteiger partial charge in [-0.15, -0.1) is 0 Å². The first kappa shape index (κ1) is 13.3. The Balaban J connectivity index is 1.96. The van der Waals surface area contributed by atoms with E-state index in [2.05, 4.69) is 36.2 Å². The van der Waals surface area contributed by atoms with Crippen LogP contribution >= 0.6 is 0 Å². The summed E-state index contributed by atoms with van der Waals surface area (Å²) < 4.78 is 0. The van der Waals surface area contributed by atoms with Crippen LogP contribution in [0.15, 0.2) is 29.3 Å². The summed E-state index contributed by atoms with van der Waals surface area (Å²) in [6, 6.07) is 8.61. The van der Waals surface area contributed by atoms with Gasteiger partial charge in [0, 0.05) is 12.8 Å². The van der Waals surface area contributed by atoms with Crippen LogP contribution in [0.5, 0.6) is 0 Å². The van der Waals surface area contributed by atoms with Gasteiger partial charge < -0.3 is 0 Å². The molecular weight excluding hydrogens is 218 g/mol. The van der Waals surface area contributed by atoms with E-state index in [-0.39, 0.29) is 0 Å². The fraction of sp³-hybridized carbons (Fsp3) is 0.588. The molecule has 1 aliphatic carbocycles. The third-order valence-corrected chi connectivity index (χ3v) is 4.24. The van der Waals surface area contributed by atoms with Crippen LogP contribution in [0.3, 0.4) is 0 Å². The maximum atomic E-state index is 4.52. The summed E-state index contributed by atoms with van der Waals surface area (Å²) in [4.78, 5) is 4.52. The fourth-order valence-corrected chi connectivity index (χ4v) is 3.08. The molecule has 0 spiro atoms. The summed E-state index contributed by atoms with van der Waals surface area (Å²) in [5.41, 5.74) is 3.98. The molecule has 0 bridgehead atoms. The van der Waals surface area contributed by atoms with Gasteiger partial charge >= 0.3 is 0 Å². The molecule has 0 aliphatic heterocycles. The number of aryl methyl sites for hydroxylation is 1. The Labute approximate surface area is 111 Å². The summed E-state index contributed by atoms with van der Waals surface area (Å²) in [7, 11) is 1.93. The molecule has 1 saturated carbocycles. The molecule has 0 saturated heterocycles. The van der Waals surface area contributed by atoms with Crippen LogP contribution in [0.4, 0.5) is 0 Å². The zero-order valence-electron chi connectivity index (χ0n) is 11.8. The quantitative estimate of drug-likeness (QED) is 0.675. The standard InChI is InChI=1S/C17H25N/c1-14-8-6-7-11-16(14)17(18-2)13-12-15-9-4-3-5-10-15/h6-8,11,15H,3-5,9-10,12-13H2,1-2H3. The Kier molecular flexibility index (Phi) is 4.98. The van der Waals surface area contributed by atoms with E-state index >= 15 is 0 Å². The largest absolute Gasteiger partial charge is 0.292 e. The van der Waals surface area contributed by atoms with E-state index in [0.29, 0.717) is 0 Å². The van der Waals surface area contributed by atoms with Crippen LogP contribution < -0.4 is 0 Å². The number of hydrogen-bond acceptors (Lipinski definition) is 1. The van der Waals surface area contributed by atoms with Crippen molar-refractivity contribution in [3.8, 4) is 0 Å². The first-order valence-corrected chi connectivity index (χ1v) is 7.33. The lowest BCUT2D eigenvalue weighted by molar-refractivity contribution is 0.343. The molecule has 98 valence electrons. The van der Waals surface area contributed by atoms with Crippen molar-refractivity contribution in [1.82, 2.24) is 0 Å². The van der Waals surface area contributed by atoms with Crippen molar-refractivity contribution < 1.29 is 0 Å². The molecule has 0 heterocycles. The SMILES string of the molecule is CN=C(CCC1CCCCC1)c1ccccc1C. The van der Waals surface area contributed by atoms with Crippen LogP contribution in [-0.4, -0.2) is 12.8 Å². The highest BCUT2D eigenvalue weighted by atomic mass is 14.7. The van der Waals surface area contributed by atoms with Gasteiger partial charge in [-0.1, -0.05) is 56.4 Å². The lowest BCUT2D eigenvalue weighted by atomic mass is 9.85. The predicted molar refractivity (Wildman–Crippen MR) is 79.4 cm³/mol. The number of hydrogen-bond donors (Lipinski definition) is 0. The lowest BCUT2D eigenvalue weighted by Crippen LogP contribution is -2.10. The number of benzene rings is 1. The minimum absolute atomic E-state index is 0.944. The minimum atomic E-state index is 0.944. The summed E-state index contributed by atoms with van der Waals surface area (Å²) >= 11 is 0. The minimum Gasteiger partial charge on any atom is -0.292 e. The summed E-state index contributed by atoms with van der Waals surface area (Å²) in [6.07, 6.45) is 9.66. The van der Waals surface area contributed by atoms with Gasteiger partial charge in [0.05, 0.1) is 0 Å². The van der Waals surface area contributed by atoms with Crippen LogP contribution in [0.2, 0.25) is 0 Å². The fourth-order valence-electron chi connectivity index (χ4n) is 3.08. The summed E-state index contributed by atoms with van der Waals surface area (Å²) in [5, 5.41) is 0. The van der Waals surface area contributed by atoms with Crippen molar-refractivity contribution in [2.75, 3.05) is 7.05 Å². The van der Waals surface area contributed by atoms with Crippen molar-refractivity contribution in [3.05, 3.63) is 35.4 Å². The van der Waals surface area contributed by atoms with E-state index in [1.807, 2.05) is 7.05 Å². The number of rotatable bonds is 4. The van der Waals surface area contributed by atoms with Gasteiger partial charge in [-0.2, -0.15) is 0 Å². The van der Waals surface area contributed by atoms with E-state index in [4.69, 9.17) is 0 Å². The molecule has 1 nitrogen and oxygen atoms in total. The van der Waals surface area contributed by atoms with E-state index < -0.39 is 0 Å². The molecule has 1 aliphatic rings. The summed E-state index contributed by atoms with van der Waals surface area (Å²) in [6.45, 7) is 2.18.